The highest BCUT2D eigenvalue weighted by Gasteiger charge is 2.41. The molecule has 1 amide bonds. The summed E-state index contributed by atoms with van der Waals surface area (Å²) in [4.78, 5) is 20.7. The summed E-state index contributed by atoms with van der Waals surface area (Å²) in [7, 11) is 1.63. The molecule has 1 aromatic heterocycles. The number of fused-ring (bicyclic) bond motifs is 1. The van der Waals surface area contributed by atoms with Gasteiger partial charge in [-0.1, -0.05) is 11.3 Å². The van der Waals surface area contributed by atoms with E-state index >= 15 is 0 Å². The Morgan fingerprint density at radius 2 is 2.04 bits per heavy atom. The molecule has 2 fully saturated rings. The van der Waals surface area contributed by atoms with Crippen molar-refractivity contribution in [2.45, 2.75) is 18.8 Å². The summed E-state index contributed by atoms with van der Waals surface area (Å²) in [6.45, 7) is 1.51. The van der Waals surface area contributed by atoms with E-state index in [9.17, 15) is 13.6 Å². The number of ether oxygens (including phenoxy) is 1. The van der Waals surface area contributed by atoms with Gasteiger partial charge in [0.1, 0.15) is 5.75 Å². The summed E-state index contributed by atoms with van der Waals surface area (Å²) in [5.74, 6) is -1.95. The van der Waals surface area contributed by atoms with Crippen LogP contribution < -0.4 is 9.64 Å². The molecule has 1 aromatic carbocycles. The van der Waals surface area contributed by atoms with Crippen molar-refractivity contribution in [3.05, 3.63) is 18.2 Å². The van der Waals surface area contributed by atoms with Crippen molar-refractivity contribution in [2.24, 2.45) is 5.92 Å². The van der Waals surface area contributed by atoms with Crippen molar-refractivity contribution in [1.29, 1.82) is 0 Å². The Labute approximate surface area is 148 Å². The van der Waals surface area contributed by atoms with E-state index in [1.165, 1.54) is 0 Å². The molecule has 0 bridgehead atoms. The number of anilines is 1. The van der Waals surface area contributed by atoms with E-state index in [0.29, 0.717) is 13.1 Å². The molecule has 8 heteroatoms. The van der Waals surface area contributed by atoms with Crippen LogP contribution in [0.3, 0.4) is 0 Å². The zero-order valence-corrected chi connectivity index (χ0v) is 14.7. The van der Waals surface area contributed by atoms with E-state index in [1.54, 1.807) is 23.3 Å². The van der Waals surface area contributed by atoms with Crippen LogP contribution in [0.25, 0.3) is 10.2 Å². The van der Waals surface area contributed by atoms with Gasteiger partial charge >= 0.3 is 0 Å². The second-order valence-electron chi connectivity index (χ2n) is 6.61. The Morgan fingerprint density at radius 1 is 1.32 bits per heavy atom. The first kappa shape index (κ1) is 16.5. The first-order chi connectivity index (χ1) is 11.9. The third-order valence-electron chi connectivity index (χ3n) is 4.89. The number of rotatable bonds is 3. The lowest BCUT2D eigenvalue weighted by molar-refractivity contribution is -0.142. The fourth-order valence-corrected chi connectivity index (χ4v) is 4.27. The van der Waals surface area contributed by atoms with Gasteiger partial charge in [0.2, 0.25) is 5.91 Å². The van der Waals surface area contributed by atoms with Crippen molar-refractivity contribution in [2.75, 3.05) is 38.2 Å². The molecule has 25 heavy (non-hydrogen) atoms. The van der Waals surface area contributed by atoms with Gasteiger partial charge < -0.3 is 14.5 Å². The zero-order valence-electron chi connectivity index (χ0n) is 13.9. The Balaban J connectivity index is 1.38. The van der Waals surface area contributed by atoms with Crippen LogP contribution in [0.2, 0.25) is 0 Å². The van der Waals surface area contributed by atoms with Crippen molar-refractivity contribution in [3.8, 4) is 5.75 Å². The van der Waals surface area contributed by atoms with E-state index in [2.05, 4.69) is 9.88 Å². The number of hydrogen-bond acceptors (Lipinski definition) is 5. The topological polar surface area (TPSA) is 45.7 Å². The fraction of sp³-hybridized carbons (Fsp3) is 0.529. The molecule has 5 nitrogen and oxygen atoms in total. The quantitative estimate of drug-likeness (QED) is 0.837. The Morgan fingerprint density at radius 3 is 2.72 bits per heavy atom. The van der Waals surface area contributed by atoms with Gasteiger partial charge in [0.15, 0.2) is 5.13 Å². The number of methoxy groups -OCH3 is 1. The lowest BCUT2D eigenvalue weighted by Crippen LogP contribution is -2.56. The first-order valence-corrected chi connectivity index (χ1v) is 9.13. The first-order valence-electron chi connectivity index (χ1n) is 8.31. The van der Waals surface area contributed by atoms with E-state index in [1.807, 2.05) is 18.2 Å². The third-order valence-corrected chi connectivity index (χ3v) is 5.97. The number of thiazole rings is 1. The fourth-order valence-electron chi connectivity index (χ4n) is 3.26. The molecule has 4 rings (SSSR count). The summed E-state index contributed by atoms with van der Waals surface area (Å²) >= 11 is 1.57. The molecule has 0 spiro atoms. The molecule has 2 aromatic rings. The van der Waals surface area contributed by atoms with Crippen LogP contribution in [-0.4, -0.2) is 55.0 Å². The van der Waals surface area contributed by atoms with Crippen molar-refractivity contribution >= 4 is 32.6 Å². The molecule has 134 valence electrons. The molecule has 2 saturated heterocycles. The van der Waals surface area contributed by atoms with E-state index < -0.39 is 5.92 Å². The van der Waals surface area contributed by atoms with Gasteiger partial charge in [-0.3, -0.25) is 4.79 Å². The maximum Gasteiger partial charge on any atom is 0.251 e. The lowest BCUT2D eigenvalue weighted by atomic mass is 9.97. The lowest BCUT2D eigenvalue weighted by Gasteiger charge is -2.42. The van der Waals surface area contributed by atoms with Gasteiger partial charge in [-0.15, -0.1) is 0 Å². The number of likely N-dealkylation sites (tertiary alicyclic amines) is 1. The number of amides is 1. The molecule has 0 atom stereocenters. The third kappa shape index (κ3) is 3.15. The van der Waals surface area contributed by atoms with Crippen LogP contribution in [-0.2, 0) is 4.79 Å². The second-order valence-corrected chi connectivity index (χ2v) is 7.62. The SMILES string of the molecule is COc1ccc2nc(N3CC(C(=O)N4CCC(F)(F)CC4)C3)sc2c1. The molecular weight excluding hydrogens is 348 g/mol. The van der Waals surface area contributed by atoms with E-state index in [0.717, 1.165) is 21.1 Å². The smallest absolute Gasteiger partial charge is 0.251 e. The van der Waals surface area contributed by atoms with Crippen LogP contribution in [0.15, 0.2) is 18.2 Å². The number of alkyl halides is 2. The highest BCUT2D eigenvalue weighted by Crippen LogP contribution is 2.35. The van der Waals surface area contributed by atoms with Gasteiger partial charge in [-0.2, -0.15) is 0 Å². The minimum Gasteiger partial charge on any atom is -0.497 e. The maximum absolute atomic E-state index is 13.2. The number of nitrogens with zero attached hydrogens (tertiary/aromatic N) is 3. The molecule has 0 radical (unpaired) electrons. The Bertz CT molecular complexity index is 794. The Kier molecular flexibility index (Phi) is 4.02. The number of benzene rings is 1. The normalized spacial score (nSPS) is 20.6. The highest BCUT2D eigenvalue weighted by atomic mass is 32.1. The predicted molar refractivity (Wildman–Crippen MR) is 92.6 cm³/mol. The van der Waals surface area contributed by atoms with Crippen LogP contribution in [0.5, 0.6) is 5.75 Å². The molecule has 2 aliphatic heterocycles. The average Bonchev–Trinajstić information content (AvgIpc) is 2.95. The monoisotopic (exact) mass is 367 g/mol. The largest absolute Gasteiger partial charge is 0.497 e. The van der Waals surface area contributed by atoms with Gasteiger partial charge in [0, 0.05) is 39.0 Å². The van der Waals surface area contributed by atoms with Crippen LogP contribution in [0.1, 0.15) is 12.8 Å². The molecule has 0 N–H and O–H groups in total. The minimum atomic E-state index is -2.62. The molecule has 0 unspecified atom stereocenters. The molecule has 0 aliphatic carbocycles. The van der Waals surface area contributed by atoms with Crippen molar-refractivity contribution in [1.82, 2.24) is 9.88 Å². The average molecular weight is 367 g/mol. The van der Waals surface area contributed by atoms with Gasteiger partial charge in [-0.25, -0.2) is 13.8 Å². The van der Waals surface area contributed by atoms with Crippen LogP contribution in [0, 0.1) is 5.92 Å². The predicted octanol–water partition coefficient (Wildman–Crippen LogP) is 3.00. The molecule has 2 aliphatic rings. The maximum atomic E-state index is 13.2. The van der Waals surface area contributed by atoms with Crippen molar-refractivity contribution < 1.29 is 18.3 Å². The summed E-state index contributed by atoms with van der Waals surface area (Å²) in [6, 6.07) is 5.75. The van der Waals surface area contributed by atoms with Gasteiger partial charge in [0.05, 0.1) is 23.2 Å². The number of carbonyl (C=O) groups is 1. The number of aromatic nitrogens is 1. The highest BCUT2D eigenvalue weighted by molar-refractivity contribution is 7.22. The Hall–Kier alpha value is -1.96. The van der Waals surface area contributed by atoms with E-state index in [-0.39, 0.29) is 37.8 Å². The summed E-state index contributed by atoms with van der Waals surface area (Å²) < 4.78 is 32.7. The second kappa shape index (κ2) is 6.09. The number of halogens is 2. The zero-order chi connectivity index (χ0) is 17.6. The van der Waals surface area contributed by atoms with Crippen LogP contribution in [0.4, 0.5) is 13.9 Å². The van der Waals surface area contributed by atoms with Gasteiger partial charge in [-0.05, 0) is 18.2 Å². The number of carbonyl (C=O) groups excluding carboxylic acids is 1. The summed E-state index contributed by atoms with van der Waals surface area (Å²) in [6.07, 6.45) is -0.455. The van der Waals surface area contributed by atoms with E-state index in [4.69, 9.17) is 4.74 Å². The number of piperidine rings is 1. The standard InChI is InChI=1S/C17H19F2N3O2S/c1-24-12-2-3-13-14(8-12)25-16(20-13)22-9-11(10-22)15(23)21-6-4-17(18,19)5-7-21/h2-3,8,11H,4-7,9-10H2,1H3. The van der Waals surface area contributed by atoms with Crippen molar-refractivity contribution in [3.63, 3.8) is 0 Å². The van der Waals surface area contributed by atoms with Crippen LogP contribution >= 0.6 is 11.3 Å². The molecule has 3 heterocycles. The summed E-state index contributed by atoms with van der Waals surface area (Å²) in [5, 5.41) is 0.887. The summed E-state index contributed by atoms with van der Waals surface area (Å²) in [5.41, 5.74) is 0.911. The number of hydrogen-bond donors (Lipinski definition) is 0. The molecular formula is C17H19F2N3O2S. The molecule has 0 saturated carbocycles. The minimum absolute atomic E-state index is 0.00506. The van der Waals surface area contributed by atoms with Gasteiger partial charge in [0.25, 0.3) is 5.92 Å².